The van der Waals surface area contributed by atoms with Crippen molar-refractivity contribution in [1.82, 2.24) is 0 Å². The predicted octanol–water partition coefficient (Wildman–Crippen LogP) is 3.03. The number of nitro benzene ring substituents is 2. The van der Waals surface area contributed by atoms with Crippen LogP contribution in [0.4, 0.5) is 11.4 Å². The first-order valence-corrected chi connectivity index (χ1v) is 5.81. The van der Waals surface area contributed by atoms with Gasteiger partial charge in [0.2, 0.25) is 0 Å². The maximum atomic E-state index is 10.8. The van der Waals surface area contributed by atoms with Crippen molar-refractivity contribution in [3.05, 3.63) is 50.1 Å². The minimum atomic E-state index is -0.801. The van der Waals surface area contributed by atoms with Crippen molar-refractivity contribution in [2.24, 2.45) is 0 Å². The molecule has 0 spiro atoms. The van der Waals surface area contributed by atoms with Gasteiger partial charge < -0.3 is 5.11 Å². The van der Waals surface area contributed by atoms with Crippen LogP contribution in [-0.2, 0) is 0 Å². The van der Waals surface area contributed by atoms with E-state index in [0.717, 1.165) is 12.5 Å². The molecule has 2 rings (SSSR count). The molecule has 7 heteroatoms. The second-order valence-electron chi connectivity index (χ2n) is 4.40. The molecule has 7 nitrogen and oxygen atoms in total. The van der Waals surface area contributed by atoms with Crippen LogP contribution >= 0.6 is 0 Å². The number of phenols is 1. The third-order valence-electron chi connectivity index (χ3n) is 3.22. The van der Waals surface area contributed by atoms with E-state index in [1.54, 1.807) is 0 Å². The van der Waals surface area contributed by atoms with Gasteiger partial charge in [0, 0.05) is 11.6 Å². The Hall–Kier alpha value is -2.44. The Kier molecular flexibility index (Phi) is 3.46. The molecule has 0 fully saturated rings. The summed E-state index contributed by atoms with van der Waals surface area (Å²) in [4.78, 5) is 20.2. The van der Waals surface area contributed by atoms with Crippen LogP contribution in [0.5, 0.6) is 5.75 Å². The summed E-state index contributed by atoms with van der Waals surface area (Å²) in [5, 5.41) is 31.6. The van der Waals surface area contributed by atoms with Crippen LogP contribution in [0.2, 0.25) is 0 Å². The number of non-ortho nitro benzene ring substituents is 1. The van der Waals surface area contributed by atoms with Crippen molar-refractivity contribution in [2.75, 3.05) is 0 Å². The normalized spacial score (nSPS) is 18.2. The number of nitro groups is 2. The Morgan fingerprint density at radius 3 is 2.42 bits per heavy atom. The molecule has 1 aliphatic rings. The molecule has 0 saturated carbocycles. The van der Waals surface area contributed by atoms with Crippen LogP contribution in [0.1, 0.15) is 30.7 Å². The highest BCUT2D eigenvalue weighted by Crippen LogP contribution is 2.42. The molecule has 0 aliphatic heterocycles. The Morgan fingerprint density at radius 1 is 1.16 bits per heavy atom. The quantitative estimate of drug-likeness (QED) is 0.513. The minimum absolute atomic E-state index is 0.122. The zero-order valence-corrected chi connectivity index (χ0v) is 9.98. The van der Waals surface area contributed by atoms with Crippen molar-refractivity contribution in [3.63, 3.8) is 0 Å². The van der Waals surface area contributed by atoms with E-state index in [-0.39, 0.29) is 17.2 Å². The van der Waals surface area contributed by atoms with Gasteiger partial charge in [0.15, 0.2) is 5.75 Å². The summed E-state index contributed by atoms with van der Waals surface area (Å²) in [7, 11) is 0. The number of nitrogens with zero attached hydrogens (tertiary/aromatic N) is 2. The van der Waals surface area contributed by atoms with E-state index in [1.807, 2.05) is 12.2 Å². The first-order valence-electron chi connectivity index (χ1n) is 5.81. The number of rotatable bonds is 3. The predicted molar refractivity (Wildman–Crippen MR) is 67.1 cm³/mol. The number of allylic oxidation sites excluding steroid dienone is 2. The summed E-state index contributed by atoms with van der Waals surface area (Å²) in [6.07, 6.45) is 6.02. The van der Waals surface area contributed by atoms with E-state index in [4.69, 9.17) is 0 Å². The Labute approximate surface area is 108 Å². The highest BCUT2D eigenvalue weighted by Gasteiger charge is 2.27. The monoisotopic (exact) mass is 264 g/mol. The highest BCUT2D eigenvalue weighted by molar-refractivity contribution is 5.59. The van der Waals surface area contributed by atoms with Gasteiger partial charge in [-0.15, -0.1) is 0 Å². The van der Waals surface area contributed by atoms with Gasteiger partial charge in [0.05, 0.1) is 15.9 Å². The second kappa shape index (κ2) is 5.05. The molecule has 1 N–H and O–H groups in total. The fourth-order valence-electron chi connectivity index (χ4n) is 2.26. The van der Waals surface area contributed by atoms with E-state index in [0.29, 0.717) is 12.8 Å². The summed E-state index contributed by atoms with van der Waals surface area (Å²) in [5.41, 5.74) is -0.696. The van der Waals surface area contributed by atoms with Crippen molar-refractivity contribution in [3.8, 4) is 5.75 Å². The van der Waals surface area contributed by atoms with Gasteiger partial charge in [0.25, 0.3) is 5.69 Å². The number of hydrogen-bond donors (Lipinski definition) is 1. The lowest BCUT2D eigenvalue weighted by Gasteiger charge is -2.18. The number of phenolic OH excluding ortho intramolecular Hbond substituents is 1. The molecule has 0 radical (unpaired) electrons. The number of hydrogen-bond acceptors (Lipinski definition) is 5. The van der Waals surface area contributed by atoms with Crippen molar-refractivity contribution >= 4 is 11.4 Å². The molecule has 1 aliphatic carbocycles. The van der Waals surface area contributed by atoms with E-state index in [2.05, 4.69) is 0 Å². The molecular weight excluding hydrogens is 252 g/mol. The SMILES string of the molecule is O=[N+]([O-])c1cc(C2CC=CCC2)c(O)c([N+](=O)[O-])c1. The maximum Gasteiger partial charge on any atom is 0.317 e. The average Bonchev–Trinajstić information content (AvgIpc) is 2.39. The lowest BCUT2D eigenvalue weighted by atomic mass is 9.86. The van der Waals surface area contributed by atoms with Crippen LogP contribution in [0.25, 0.3) is 0 Å². The summed E-state index contributed by atoms with van der Waals surface area (Å²) >= 11 is 0. The van der Waals surface area contributed by atoms with Crippen molar-refractivity contribution < 1.29 is 15.0 Å². The zero-order chi connectivity index (χ0) is 14.0. The fourth-order valence-corrected chi connectivity index (χ4v) is 2.26. The van der Waals surface area contributed by atoms with Gasteiger partial charge in [-0.1, -0.05) is 12.2 Å². The van der Waals surface area contributed by atoms with Crippen LogP contribution < -0.4 is 0 Å². The molecule has 1 aromatic rings. The zero-order valence-electron chi connectivity index (χ0n) is 9.98. The van der Waals surface area contributed by atoms with Gasteiger partial charge in [-0.25, -0.2) is 0 Å². The molecule has 0 heterocycles. The molecule has 0 amide bonds. The van der Waals surface area contributed by atoms with E-state index >= 15 is 0 Å². The molecule has 1 unspecified atom stereocenters. The number of benzene rings is 1. The van der Waals surface area contributed by atoms with Crippen molar-refractivity contribution in [2.45, 2.75) is 25.2 Å². The molecular formula is C12H12N2O5. The molecule has 19 heavy (non-hydrogen) atoms. The molecule has 1 aromatic carbocycles. The van der Waals surface area contributed by atoms with Crippen molar-refractivity contribution in [1.29, 1.82) is 0 Å². The molecule has 0 bridgehead atoms. The maximum absolute atomic E-state index is 10.8. The molecule has 0 aromatic heterocycles. The van der Waals surface area contributed by atoms with Crippen LogP contribution in [0.15, 0.2) is 24.3 Å². The Morgan fingerprint density at radius 2 is 1.89 bits per heavy atom. The van der Waals surface area contributed by atoms with Gasteiger partial charge >= 0.3 is 5.69 Å². The Bertz CT molecular complexity index is 567. The fraction of sp³-hybridized carbons (Fsp3) is 0.333. The van der Waals surface area contributed by atoms with Crippen LogP contribution in [0, 0.1) is 20.2 Å². The topological polar surface area (TPSA) is 107 Å². The first-order chi connectivity index (χ1) is 9.00. The smallest absolute Gasteiger partial charge is 0.317 e. The van der Waals surface area contributed by atoms with Gasteiger partial charge in [-0.2, -0.15) is 0 Å². The summed E-state index contributed by atoms with van der Waals surface area (Å²) in [5.74, 6) is -0.584. The average molecular weight is 264 g/mol. The summed E-state index contributed by atoms with van der Waals surface area (Å²) < 4.78 is 0. The lowest BCUT2D eigenvalue weighted by Crippen LogP contribution is -2.04. The first kappa shape index (κ1) is 13.0. The summed E-state index contributed by atoms with van der Waals surface area (Å²) in [6.45, 7) is 0. The lowest BCUT2D eigenvalue weighted by molar-refractivity contribution is -0.394. The third-order valence-corrected chi connectivity index (χ3v) is 3.22. The Balaban J connectivity index is 2.54. The van der Waals surface area contributed by atoms with Gasteiger partial charge in [-0.05, 0) is 25.2 Å². The largest absolute Gasteiger partial charge is 0.502 e. The summed E-state index contributed by atoms with van der Waals surface area (Å²) in [6, 6.07) is 2.02. The highest BCUT2D eigenvalue weighted by atomic mass is 16.6. The standard InChI is InChI=1S/C12H12N2O5/c15-12-10(8-4-2-1-3-5-8)6-9(13(16)17)7-11(12)14(18)19/h1-2,6-8,15H,3-5H2. The van der Waals surface area contributed by atoms with Crippen LogP contribution in [-0.4, -0.2) is 15.0 Å². The van der Waals surface area contributed by atoms with E-state index < -0.39 is 21.3 Å². The minimum Gasteiger partial charge on any atom is -0.502 e. The molecule has 0 saturated heterocycles. The van der Waals surface area contributed by atoms with Gasteiger partial charge in [-0.3, -0.25) is 20.2 Å². The third kappa shape index (κ3) is 2.54. The van der Waals surface area contributed by atoms with Gasteiger partial charge in [0.1, 0.15) is 0 Å². The van der Waals surface area contributed by atoms with E-state index in [1.165, 1.54) is 6.07 Å². The molecule has 100 valence electrons. The molecule has 1 atom stereocenters. The van der Waals surface area contributed by atoms with E-state index in [9.17, 15) is 25.3 Å². The second-order valence-corrected chi connectivity index (χ2v) is 4.40. The number of aromatic hydroxyl groups is 1. The van der Waals surface area contributed by atoms with Crippen LogP contribution in [0.3, 0.4) is 0 Å².